The van der Waals surface area contributed by atoms with E-state index in [1.165, 1.54) is 4.90 Å². The third-order valence-electron chi connectivity index (χ3n) is 5.12. The number of nitrogens with one attached hydrogen (secondary N) is 1. The number of benzene rings is 1. The molecule has 2 aliphatic rings. The lowest BCUT2D eigenvalue weighted by Gasteiger charge is -2.28. The van der Waals surface area contributed by atoms with Gasteiger partial charge in [-0.05, 0) is 31.4 Å². The molecule has 0 spiro atoms. The number of halogens is 1. The lowest BCUT2D eigenvalue weighted by molar-refractivity contribution is -0.108. The minimum Gasteiger partial charge on any atom is -0.378 e. The molecule has 1 saturated heterocycles. The number of amides is 1. The molecule has 0 radical (unpaired) electrons. The third-order valence-corrected chi connectivity index (χ3v) is 5.40. The SMILES string of the molecule is CC1CC(Nc2ncc(Cl)c(-c3ccc4c(c3)C(=O)N(CC=O)C4)n2)CCO1. The number of hydrogen-bond donors (Lipinski definition) is 1. The van der Waals surface area contributed by atoms with E-state index in [1.807, 2.05) is 12.1 Å². The second-order valence-corrected chi connectivity index (χ2v) is 7.57. The van der Waals surface area contributed by atoms with E-state index in [-0.39, 0.29) is 24.6 Å². The van der Waals surface area contributed by atoms with Crippen molar-refractivity contribution in [3.05, 3.63) is 40.5 Å². The number of fused-ring (bicyclic) bond motifs is 1. The summed E-state index contributed by atoms with van der Waals surface area (Å²) in [5, 5.41) is 3.78. The maximum Gasteiger partial charge on any atom is 0.254 e. The van der Waals surface area contributed by atoms with E-state index < -0.39 is 0 Å². The first-order chi connectivity index (χ1) is 13.5. The maximum absolute atomic E-state index is 12.5. The zero-order chi connectivity index (χ0) is 19.7. The minimum atomic E-state index is -0.149. The number of carbonyl (C=O) groups excluding carboxylic acids is 2. The first-order valence-electron chi connectivity index (χ1n) is 9.32. The molecule has 2 unspecified atom stereocenters. The zero-order valence-electron chi connectivity index (χ0n) is 15.5. The fourth-order valence-electron chi connectivity index (χ4n) is 3.70. The van der Waals surface area contributed by atoms with E-state index in [4.69, 9.17) is 16.3 Å². The zero-order valence-corrected chi connectivity index (χ0v) is 16.3. The number of rotatable bonds is 5. The van der Waals surface area contributed by atoms with Crippen LogP contribution < -0.4 is 5.32 Å². The van der Waals surface area contributed by atoms with Gasteiger partial charge in [-0.1, -0.05) is 23.7 Å². The molecular formula is C20H21ClN4O3. The monoisotopic (exact) mass is 400 g/mol. The Labute approximate surface area is 168 Å². The van der Waals surface area contributed by atoms with Crippen molar-refractivity contribution < 1.29 is 14.3 Å². The van der Waals surface area contributed by atoms with Crippen molar-refractivity contribution in [2.24, 2.45) is 0 Å². The summed E-state index contributed by atoms with van der Waals surface area (Å²) in [5.74, 6) is 0.358. The molecule has 2 aliphatic heterocycles. The van der Waals surface area contributed by atoms with Crippen molar-refractivity contribution >= 4 is 29.7 Å². The number of aromatic nitrogens is 2. The summed E-state index contributed by atoms with van der Waals surface area (Å²) in [4.78, 5) is 33.7. The van der Waals surface area contributed by atoms with Gasteiger partial charge in [-0.25, -0.2) is 9.97 Å². The van der Waals surface area contributed by atoms with Crippen LogP contribution in [0.15, 0.2) is 24.4 Å². The molecule has 146 valence electrons. The topological polar surface area (TPSA) is 84.4 Å². The molecule has 28 heavy (non-hydrogen) atoms. The number of anilines is 1. The van der Waals surface area contributed by atoms with Crippen molar-refractivity contribution in [1.29, 1.82) is 0 Å². The third kappa shape index (κ3) is 3.72. The summed E-state index contributed by atoms with van der Waals surface area (Å²) in [6.45, 7) is 3.30. The number of carbonyl (C=O) groups is 2. The number of aldehydes is 1. The first-order valence-corrected chi connectivity index (χ1v) is 9.70. The number of nitrogens with zero attached hydrogens (tertiary/aromatic N) is 3. The van der Waals surface area contributed by atoms with Gasteiger partial charge in [0.2, 0.25) is 5.95 Å². The van der Waals surface area contributed by atoms with Crippen molar-refractivity contribution in [2.75, 3.05) is 18.5 Å². The van der Waals surface area contributed by atoms with Crippen molar-refractivity contribution in [3.63, 3.8) is 0 Å². The molecule has 3 heterocycles. The average Bonchev–Trinajstić information content (AvgIpc) is 2.99. The predicted molar refractivity (Wildman–Crippen MR) is 105 cm³/mol. The van der Waals surface area contributed by atoms with Gasteiger partial charge < -0.3 is 19.7 Å². The van der Waals surface area contributed by atoms with Crippen LogP contribution in [0.25, 0.3) is 11.3 Å². The van der Waals surface area contributed by atoms with Gasteiger partial charge in [0.15, 0.2) is 0 Å². The van der Waals surface area contributed by atoms with E-state index in [0.29, 0.717) is 35.4 Å². The van der Waals surface area contributed by atoms with E-state index in [0.717, 1.165) is 30.3 Å². The molecule has 0 aliphatic carbocycles. The Kier molecular flexibility index (Phi) is 5.28. The Morgan fingerprint density at radius 2 is 2.29 bits per heavy atom. The van der Waals surface area contributed by atoms with E-state index >= 15 is 0 Å². The molecule has 2 atom stereocenters. The Hall–Kier alpha value is -2.51. The van der Waals surface area contributed by atoms with Crippen LogP contribution in [-0.4, -0.2) is 52.4 Å². The average molecular weight is 401 g/mol. The summed E-state index contributed by atoms with van der Waals surface area (Å²) in [7, 11) is 0. The van der Waals surface area contributed by atoms with Crippen LogP contribution in [-0.2, 0) is 16.1 Å². The van der Waals surface area contributed by atoms with Crippen LogP contribution in [0, 0.1) is 0 Å². The molecule has 2 aromatic rings. The summed E-state index contributed by atoms with van der Waals surface area (Å²) < 4.78 is 5.58. The normalized spacial score (nSPS) is 21.5. The Morgan fingerprint density at radius 3 is 3.07 bits per heavy atom. The second-order valence-electron chi connectivity index (χ2n) is 7.16. The van der Waals surface area contributed by atoms with E-state index in [2.05, 4.69) is 22.2 Å². The smallest absolute Gasteiger partial charge is 0.254 e. The summed E-state index contributed by atoms with van der Waals surface area (Å²) in [5.41, 5.74) is 2.80. The lowest BCUT2D eigenvalue weighted by atomic mass is 10.0. The van der Waals surface area contributed by atoms with Crippen LogP contribution >= 0.6 is 11.6 Å². The minimum absolute atomic E-state index is 0.0920. The Balaban J connectivity index is 1.60. The highest BCUT2D eigenvalue weighted by Crippen LogP contribution is 2.31. The van der Waals surface area contributed by atoms with Crippen LogP contribution in [0.3, 0.4) is 0 Å². The van der Waals surface area contributed by atoms with Gasteiger partial charge in [-0.3, -0.25) is 4.79 Å². The fraction of sp³-hybridized carbons (Fsp3) is 0.400. The van der Waals surface area contributed by atoms with Gasteiger partial charge >= 0.3 is 0 Å². The quantitative estimate of drug-likeness (QED) is 0.777. The highest BCUT2D eigenvalue weighted by atomic mass is 35.5. The summed E-state index contributed by atoms with van der Waals surface area (Å²) in [6.07, 6.45) is 4.30. The van der Waals surface area contributed by atoms with E-state index in [9.17, 15) is 9.59 Å². The van der Waals surface area contributed by atoms with E-state index in [1.54, 1.807) is 12.3 Å². The molecule has 0 saturated carbocycles. The largest absolute Gasteiger partial charge is 0.378 e. The molecule has 8 heteroatoms. The first kappa shape index (κ1) is 18.8. The van der Waals surface area contributed by atoms with Crippen molar-refractivity contribution in [3.8, 4) is 11.3 Å². The molecule has 4 rings (SSSR count). The molecular weight excluding hydrogens is 380 g/mol. The predicted octanol–water partition coefficient (Wildman–Crippen LogP) is 2.93. The van der Waals surface area contributed by atoms with Crippen molar-refractivity contribution in [1.82, 2.24) is 14.9 Å². The highest BCUT2D eigenvalue weighted by Gasteiger charge is 2.27. The summed E-state index contributed by atoms with van der Waals surface area (Å²) >= 11 is 6.35. The van der Waals surface area contributed by atoms with Crippen LogP contribution in [0.1, 0.15) is 35.7 Å². The van der Waals surface area contributed by atoms with Gasteiger partial charge in [0, 0.05) is 30.3 Å². The van der Waals surface area contributed by atoms with Crippen LogP contribution in [0.5, 0.6) is 0 Å². The molecule has 1 amide bonds. The Morgan fingerprint density at radius 1 is 1.43 bits per heavy atom. The molecule has 1 aromatic heterocycles. The molecule has 0 bridgehead atoms. The van der Waals surface area contributed by atoms with Crippen molar-refractivity contribution in [2.45, 2.75) is 38.5 Å². The summed E-state index contributed by atoms with van der Waals surface area (Å²) in [6, 6.07) is 5.82. The molecule has 1 aromatic carbocycles. The van der Waals surface area contributed by atoms with Gasteiger partial charge in [0.1, 0.15) is 6.29 Å². The van der Waals surface area contributed by atoms with Gasteiger partial charge in [-0.2, -0.15) is 0 Å². The highest BCUT2D eigenvalue weighted by molar-refractivity contribution is 6.33. The number of ether oxygens (including phenoxy) is 1. The molecule has 7 nitrogen and oxygen atoms in total. The molecule has 1 fully saturated rings. The lowest BCUT2D eigenvalue weighted by Crippen LogP contribution is -2.33. The number of hydrogen-bond acceptors (Lipinski definition) is 6. The van der Waals surface area contributed by atoms with Crippen LogP contribution in [0.2, 0.25) is 5.02 Å². The fourth-order valence-corrected chi connectivity index (χ4v) is 3.90. The second kappa shape index (κ2) is 7.85. The van der Waals surface area contributed by atoms with Gasteiger partial charge in [-0.15, -0.1) is 0 Å². The van der Waals surface area contributed by atoms with Gasteiger partial charge in [0.05, 0.1) is 29.6 Å². The maximum atomic E-state index is 12.5. The Bertz CT molecular complexity index is 920. The van der Waals surface area contributed by atoms with Gasteiger partial charge in [0.25, 0.3) is 5.91 Å². The molecule has 1 N–H and O–H groups in total. The standard InChI is InChI=1S/C20H21ClN4O3/c1-12-8-15(4-7-28-12)23-20-22-10-17(21)18(24-20)13-2-3-14-11-25(5-6-26)19(27)16(14)9-13/h2-3,6,9-10,12,15H,4-5,7-8,11H2,1H3,(H,22,23,24). The van der Waals surface area contributed by atoms with Crippen LogP contribution in [0.4, 0.5) is 5.95 Å².